The van der Waals surface area contributed by atoms with Crippen LogP contribution in [0.4, 0.5) is 10.1 Å². The number of carbonyl (C=O) groups excluding carboxylic acids is 2. The van der Waals surface area contributed by atoms with Gasteiger partial charge in [0.15, 0.2) is 0 Å². The van der Waals surface area contributed by atoms with Crippen molar-refractivity contribution in [3.8, 4) is 0 Å². The van der Waals surface area contributed by atoms with Crippen LogP contribution < -0.4 is 5.32 Å². The van der Waals surface area contributed by atoms with E-state index >= 15 is 0 Å². The van der Waals surface area contributed by atoms with Gasteiger partial charge in [-0.25, -0.2) is 4.39 Å². The highest BCUT2D eigenvalue weighted by Gasteiger charge is 2.19. The zero-order valence-corrected chi connectivity index (χ0v) is 15.2. The molecular formula is C19H18BrFN2O2. The Morgan fingerprint density at radius 3 is 2.52 bits per heavy atom. The Hall–Kier alpha value is -2.21. The highest BCUT2D eigenvalue weighted by Crippen LogP contribution is 2.21. The molecular weight excluding hydrogens is 387 g/mol. The van der Waals surface area contributed by atoms with Crippen molar-refractivity contribution in [1.29, 1.82) is 0 Å². The molecule has 0 unspecified atom stereocenters. The molecule has 130 valence electrons. The number of anilines is 1. The Labute approximate surface area is 154 Å². The summed E-state index contributed by atoms with van der Waals surface area (Å²) >= 11 is 3.19. The van der Waals surface area contributed by atoms with Gasteiger partial charge < -0.3 is 10.2 Å². The van der Waals surface area contributed by atoms with Gasteiger partial charge in [0.25, 0.3) is 11.8 Å². The fraction of sp³-hybridized carbons (Fsp3) is 0.263. The lowest BCUT2D eigenvalue weighted by atomic mass is 10.1. The van der Waals surface area contributed by atoms with E-state index in [1.165, 1.54) is 18.2 Å². The largest absolute Gasteiger partial charge is 0.339 e. The minimum Gasteiger partial charge on any atom is -0.339 e. The van der Waals surface area contributed by atoms with E-state index in [2.05, 4.69) is 21.2 Å². The lowest BCUT2D eigenvalue weighted by Crippen LogP contribution is -2.35. The number of piperidine rings is 1. The summed E-state index contributed by atoms with van der Waals surface area (Å²) in [5.74, 6) is -0.800. The Bertz CT molecular complexity index is 804. The van der Waals surface area contributed by atoms with Crippen molar-refractivity contribution in [2.45, 2.75) is 19.3 Å². The number of amides is 2. The van der Waals surface area contributed by atoms with Crippen LogP contribution in [0.3, 0.4) is 0 Å². The number of benzene rings is 2. The average Bonchev–Trinajstić information content (AvgIpc) is 2.62. The van der Waals surface area contributed by atoms with Crippen LogP contribution in [-0.2, 0) is 0 Å². The molecule has 0 aromatic heterocycles. The maximum atomic E-state index is 13.2. The van der Waals surface area contributed by atoms with Gasteiger partial charge in [-0.2, -0.15) is 0 Å². The molecule has 1 saturated heterocycles. The van der Waals surface area contributed by atoms with Crippen LogP contribution in [0, 0.1) is 5.82 Å². The third-order valence-electron chi connectivity index (χ3n) is 4.19. The van der Waals surface area contributed by atoms with E-state index in [0.717, 1.165) is 32.4 Å². The molecule has 25 heavy (non-hydrogen) atoms. The van der Waals surface area contributed by atoms with Gasteiger partial charge in [0.05, 0.1) is 5.56 Å². The molecule has 0 aliphatic carbocycles. The lowest BCUT2D eigenvalue weighted by molar-refractivity contribution is 0.0724. The molecule has 0 bridgehead atoms. The molecule has 0 radical (unpaired) electrons. The van der Waals surface area contributed by atoms with Gasteiger partial charge in [0, 0.05) is 28.8 Å². The van der Waals surface area contributed by atoms with E-state index in [1.54, 1.807) is 24.3 Å². The number of carbonyl (C=O) groups is 2. The SMILES string of the molecule is O=C(Nc1cccc(C(=O)N2CCCCC2)c1)c1ccc(F)cc1Br. The first-order valence-electron chi connectivity index (χ1n) is 8.20. The zero-order chi connectivity index (χ0) is 17.8. The van der Waals surface area contributed by atoms with Crippen molar-refractivity contribution in [3.05, 3.63) is 63.9 Å². The second kappa shape index (κ2) is 7.78. The predicted molar refractivity (Wildman–Crippen MR) is 98.2 cm³/mol. The first-order chi connectivity index (χ1) is 12.0. The Balaban J connectivity index is 1.75. The fourth-order valence-electron chi connectivity index (χ4n) is 2.88. The van der Waals surface area contributed by atoms with E-state index in [0.29, 0.717) is 21.3 Å². The molecule has 1 fully saturated rings. The second-order valence-electron chi connectivity index (χ2n) is 6.01. The first kappa shape index (κ1) is 17.6. The van der Waals surface area contributed by atoms with Crippen LogP contribution in [0.25, 0.3) is 0 Å². The normalized spacial score (nSPS) is 14.2. The molecule has 1 aliphatic heterocycles. The number of hydrogen-bond acceptors (Lipinski definition) is 2. The van der Waals surface area contributed by atoms with Crippen LogP contribution in [0.2, 0.25) is 0 Å². The summed E-state index contributed by atoms with van der Waals surface area (Å²) in [4.78, 5) is 26.8. The minimum atomic E-state index is -0.419. The molecule has 1 heterocycles. The quantitative estimate of drug-likeness (QED) is 0.820. The first-order valence-corrected chi connectivity index (χ1v) is 8.99. The van der Waals surface area contributed by atoms with Crippen molar-refractivity contribution in [2.75, 3.05) is 18.4 Å². The van der Waals surface area contributed by atoms with Gasteiger partial charge >= 0.3 is 0 Å². The molecule has 2 aromatic rings. The van der Waals surface area contributed by atoms with Crippen molar-refractivity contribution in [3.63, 3.8) is 0 Å². The van der Waals surface area contributed by atoms with Crippen LogP contribution in [0.15, 0.2) is 46.9 Å². The summed E-state index contributed by atoms with van der Waals surface area (Å²) in [6.07, 6.45) is 3.22. The van der Waals surface area contributed by atoms with Crippen LogP contribution in [0.5, 0.6) is 0 Å². The Kier molecular flexibility index (Phi) is 5.48. The maximum absolute atomic E-state index is 13.2. The van der Waals surface area contributed by atoms with Crippen LogP contribution >= 0.6 is 15.9 Å². The molecule has 0 spiro atoms. The molecule has 1 aliphatic rings. The van der Waals surface area contributed by atoms with Crippen LogP contribution in [0.1, 0.15) is 40.0 Å². The number of hydrogen-bond donors (Lipinski definition) is 1. The lowest BCUT2D eigenvalue weighted by Gasteiger charge is -2.26. The third-order valence-corrected chi connectivity index (χ3v) is 4.84. The number of nitrogens with zero attached hydrogens (tertiary/aromatic N) is 1. The molecule has 3 rings (SSSR count). The molecule has 0 atom stereocenters. The fourth-order valence-corrected chi connectivity index (χ4v) is 3.41. The summed E-state index contributed by atoms with van der Waals surface area (Å²) < 4.78 is 13.5. The van der Waals surface area contributed by atoms with E-state index < -0.39 is 5.82 Å². The van der Waals surface area contributed by atoms with E-state index in [1.807, 2.05) is 4.90 Å². The second-order valence-corrected chi connectivity index (χ2v) is 6.87. The van der Waals surface area contributed by atoms with Gasteiger partial charge in [-0.05, 0) is 71.6 Å². The zero-order valence-electron chi connectivity index (χ0n) is 13.6. The van der Waals surface area contributed by atoms with Gasteiger partial charge in [0.1, 0.15) is 5.82 Å². The number of rotatable bonds is 3. The highest BCUT2D eigenvalue weighted by molar-refractivity contribution is 9.10. The predicted octanol–water partition coefficient (Wildman–Crippen LogP) is 4.47. The Morgan fingerprint density at radius 1 is 1.04 bits per heavy atom. The minimum absolute atomic E-state index is 0.0150. The number of nitrogens with one attached hydrogen (secondary N) is 1. The molecule has 0 saturated carbocycles. The van der Waals surface area contributed by atoms with E-state index in [4.69, 9.17) is 0 Å². The van der Waals surface area contributed by atoms with E-state index in [9.17, 15) is 14.0 Å². The van der Waals surface area contributed by atoms with Crippen LogP contribution in [-0.4, -0.2) is 29.8 Å². The molecule has 4 nitrogen and oxygen atoms in total. The smallest absolute Gasteiger partial charge is 0.256 e. The van der Waals surface area contributed by atoms with E-state index in [-0.39, 0.29) is 11.8 Å². The summed E-state index contributed by atoms with van der Waals surface area (Å²) in [6.45, 7) is 1.55. The standard InChI is InChI=1S/C19H18BrFN2O2/c20-17-12-14(21)7-8-16(17)18(24)22-15-6-4-5-13(11-15)19(25)23-9-2-1-3-10-23/h4-8,11-12H,1-3,9-10H2,(H,22,24). The van der Waals surface area contributed by atoms with Gasteiger partial charge in [-0.3, -0.25) is 9.59 Å². The summed E-state index contributed by atoms with van der Waals surface area (Å²) in [6, 6.07) is 10.8. The van der Waals surface area contributed by atoms with Gasteiger partial charge in [-0.15, -0.1) is 0 Å². The number of likely N-dealkylation sites (tertiary alicyclic amines) is 1. The molecule has 1 N–H and O–H groups in total. The van der Waals surface area contributed by atoms with Crippen molar-refractivity contribution >= 4 is 33.4 Å². The number of halogens is 2. The van der Waals surface area contributed by atoms with Gasteiger partial charge in [0.2, 0.25) is 0 Å². The molecule has 2 amide bonds. The topological polar surface area (TPSA) is 49.4 Å². The summed E-state index contributed by atoms with van der Waals surface area (Å²) in [5.41, 5.74) is 1.41. The summed E-state index contributed by atoms with van der Waals surface area (Å²) in [5, 5.41) is 2.75. The molecule has 2 aromatic carbocycles. The van der Waals surface area contributed by atoms with Crippen molar-refractivity contribution in [1.82, 2.24) is 4.90 Å². The average molecular weight is 405 g/mol. The van der Waals surface area contributed by atoms with Gasteiger partial charge in [-0.1, -0.05) is 6.07 Å². The monoisotopic (exact) mass is 404 g/mol. The van der Waals surface area contributed by atoms with Crippen molar-refractivity contribution < 1.29 is 14.0 Å². The summed E-state index contributed by atoms with van der Waals surface area (Å²) in [7, 11) is 0. The molecule has 6 heteroatoms. The maximum Gasteiger partial charge on any atom is 0.256 e. The third kappa shape index (κ3) is 4.25. The highest BCUT2D eigenvalue weighted by atomic mass is 79.9. The Morgan fingerprint density at radius 2 is 1.80 bits per heavy atom. The van der Waals surface area contributed by atoms with Crippen molar-refractivity contribution in [2.24, 2.45) is 0 Å².